The SMILES string of the molecule is CC(C)(C)OC(=O)N1CCN(C(N)=NCc2ccco2)CC1.I. The second-order valence-corrected chi connectivity index (χ2v) is 6.21. The summed E-state index contributed by atoms with van der Waals surface area (Å²) in [5.74, 6) is 1.25. The first-order chi connectivity index (χ1) is 10.3. The van der Waals surface area contributed by atoms with Gasteiger partial charge in [0.1, 0.15) is 17.9 Å². The number of nitrogens with zero attached hydrogens (tertiary/aromatic N) is 3. The van der Waals surface area contributed by atoms with E-state index >= 15 is 0 Å². The molecule has 0 radical (unpaired) electrons. The van der Waals surface area contributed by atoms with Crippen LogP contribution in [0.2, 0.25) is 0 Å². The third-order valence-electron chi connectivity index (χ3n) is 3.23. The molecule has 0 atom stereocenters. The van der Waals surface area contributed by atoms with Crippen LogP contribution in [0.4, 0.5) is 4.79 Å². The van der Waals surface area contributed by atoms with Crippen molar-refractivity contribution in [1.82, 2.24) is 9.80 Å². The Labute approximate surface area is 153 Å². The molecule has 1 aliphatic rings. The Kier molecular flexibility index (Phi) is 7.17. The molecule has 0 aromatic carbocycles. The molecule has 0 saturated carbocycles. The first-order valence-corrected chi connectivity index (χ1v) is 7.40. The number of ether oxygens (including phenoxy) is 1. The molecule has 0 bridgehead atoms. The van der Waals surface area contributed by atoms with Crippen molar-refractivity contribution < 1.29 is 13.9 Å². The Bertz CT molecular complexity index is 517. The van der Waals surface area contributed by atoms with Crippen molar-refractivity contribution in [2.45, 2.75) is 32.9 Å². The van der Waals surface area contributed by atoms with E-state index in [1.54, 1.807) is 11.2 Å². The normalized spacial score (nSPS) is 16.0. The number of aliphatic imine (C=N–C) groups is 1. The van der Waals surface area contributed by atoms with Gasteiger partial charge >= 0.3 is 6.09 Å². The lowest BCUT2D eigenvalue weighted by Gasteiger charge is -2.36. The van der Waals surface area contributed by atoms with E-state index in [1.165, 1.54) is 0 Å². The molecule has 23 heavy (non-hydrogen) atoms. The second kappa shape index (κ2) is 8.42. The summed E-state index contributed by atoms with van der Waals surface area (Å²) < 4.78 is 10.6. The van der Waals surface area contributed by atoms with Crippen molar-refractivity contribution in [3.8, 4) is 0 Å². The molecule has 7 nitrogen and oxygen atoms in total. The van der Waals surface area contributed by atoms with E-state index in [0.29, 0.717) is 38.7 Å². The Hall–Kier alpha value is -1.45. The first kappa shape index (κ1) is 19.6. The summed E-state index contributed by atoms with van der Waals surface area (Å²) in [6.07, 6.45) is 1.33. The predicted molar refractivity (Wildman–Crippen MR) is 98.8 cm³/mol. The number of hydrogen-bond donors (Lipinski definition) is 1. The van der Waals surface area contributed by atoms with Crippen LogP contribution in [0.15, 0.2) is 27.8 Å². The Morgan fingerprint density at radius 2 is 1.91 bits per heavy atom. The highest BCUT2D eigenvalue weighted by Gasteiger charge is 2.26. The summed E-state index contributed by atoms with van der Waals surface area (Å²) in [5, 5.41) is 0. The molecule has 1 fully saturated rings. The third-order valence-corrected chi connectivity index (χ3v) is 3.23. The summed E-state index contributed by atoms with van der Waals surface area (Å²) in [5.41, 5.74) is 5.51. The first-order valence-electron chi connectivity index (χ1n) is 7.40. The van der Waals surface area contributed by atoms with E-state index in [1.807, 2.05) is 37.8 Å². The van der Waals surface area contributed by atoms with E-state index in [0.717, 1.165) is 5.76 Å². The minimum atomic E-state index is -0.474. The van der Waals surface area contributed by atoms with Gasteiger partial charge in [-0.25, -0.2) is 9.79 Å². The van der Waals surface area contributed by atoms with E-state index in [9.17, 15) is 4.79 Å². The number of furan rings is 1. The number of piperazine rings is 1. The van der Waals surface area contributed by atoms with Crippen molar-refractivity contribution >= 4 is 36.0 Å². The van der Waals surface area contributed by atoms with Gasteiger partial charge in [0, 0.05) is 26.2 Å². The fourth-order valence-electron chi connectivity index (χ4n) is 2.11. The Morgan fingerprint density at radius 3 is 2.43 bits per heavy atom. The quantitative estimate of drug-likeness (QED) is 0.437. The Balaban J connectivity index is 0.00000264. The Morgan fingerprint density at radius 1 is 1.30 bits per heavy atom. The van der Waals surface area contributed by atoms with E-state index in [4.69, 9.17) is 14.9 Å². The fourth-order valence-corrected chi connectivity index (χ4v) is 2.11. The van der Waals surface area contributed by atoms with E-state index in [-0.39, 0.29) is 30.1 Å². The molecule has 1 saturated heterocycles. The van der Waals surface area contributed by atoms with Crippen LogP contribution in [-0.4, -0.2) is 53.6 Å². The molecule has 1 aromatic heterocycles. The van der Waals surface area contributed by atoms with Gasteiger partial charge in [0.15, 0.2) is 5.96 Å². The van der Waals surface area contributed by atoms with Crippen molar-refractivity contribution in [3.05, 3.63) is 24.2 Å². The van der Waals surface area contributed by atoms with Crippen LogP contribution in [-0.2, 0) is 11.3 Å². The molecule has 0 spiro atoms. The van der Waals surface area contributed by atoms with Crippen LogP contribution >= 0.6 is 24.0 Å². The van der Waals surface area contributed by atoms with Gasteiger partial charge in [0.2, 0.25) is 0 Å². The highest BCUT2D eigenvalue weighted by Crippen LogP contribution is 2.12. The zero-order valence-corrected chi connectivity index (χ0v) is 16.1. The maximum atomic E-state index is 12.0. The predicted octanol–water partition coefficient (Wildman–Crippen LogP) is 2.27. The summed E-state index contributed by atoms with van der Waals surface area (Å²) in [6.45, 7) is 8.45. The van der Waals surface area contributed by atoms with Gasteiger partial charge in [-0.15, -0.1) is 24.0 Å². The summed E-state index contributed by atoms with van der Waals surface area (Å²) >= 11 is 0. The molecule has 2 heterocycles. The average Bonchev–Trinajstić information content (AvgIpc) is 2.96. The number of guanidine groups is 1. The maximum absolute atomic E-state index is 12.0. The zero-order valence-electron chi connectivity index (χ0n) is 13.8. The number of amides is 1. The topological polar surface area (TPSA) is 84.3 Å². The van der Waals surface area contributed by atoms with Gasteiger partial charge in [-0.05, 0) is 32.9 Å². The molecule has 1 aromatic rings. The van der Waals surface area contributed by atoms with Crippen molar-refractivity contribution in [2.75, 3.05) is 26.2 Å². The number of carbonyl (C=O) groups excluding carboxylic acids is 1. The van der Waals surface area contributed by atoms with Crippen LogP contribution in [0.25, 0.3) is 0 Å². The van der Waals surface area contributed by atoms with Crippen LogP contribution in [0.3, 0.4) is 0 Å². The number of nitrogens with two attached hydrogens (primary N) is 1. The van der Waals surface area contributed by atoms with Gasteiger partial charge < -0.3 is 24.7 Å². The largest absolute Gasteiger partial charge is 0.467 e. The number of halogens is 1. The second-order valence-electron chi connectivity index (χ2n) is 6.21. The molecule has 0 aliphatic carbocycles. The molecular formula is C15H25IN4O3. The molecule has 2 N–H and O–H groups in total. The summed E-state index contributed by atoms with van der Waals surface area (Å²) in [4.78, 5) is 20.0. The monoisotopic (exact) mass is 436 g/mol. The number of hydrogen-bond acceptors (Lipinski definition) is 4. The van der Waals surface area contributed by atoms with Crippen LogP contribution in [0, 0.1) is 0 Å². The molecule has 2 rings (SSSR count). The highest BCUT2D eigenvalue weighted by molar-refractivity contribution is 14.0. The lowest BCUT2D eigenvalue weighted by atomic mass is 10.2. The van der Waals surface area contributed by atoms with E-state index in [2.05, 4.69) is 4.99 Å². The third kappa shape index (κ3) is 6.28. The van der Waals surface area contributed by atoms with Crippen molar-refractivity contribution in [3.63, 3.8) is 0 Å². The smallest absolute Gasteiger partial charge is 0.410 e. The van der Waals surface area contributed by atoms with Crippen molar-refractivity contribution in [2.24, 2.45) is 10.7 Å². The lowest BCUT2D eigenvalue weighted by Crippen LogP contribution is -2.53. The molecule has 0 unspecified atom stereocenters. The fraction of sp³-hybridized carbons (Fsp3) is 0.600. The van der Waals surface area contributed by atoms with Crippen molar-refractivity contribution in [1.29, 1.82) is 0 Å². The van der Waals surface area contributed by atoms with Gasteiger partial charge in [0.05, 0.1) is 6.26 Å². The van der Waals surface area contributed by atoms with Crippen LogP contribution < -0.4 is 5.73 Å². The van der Waals surface area contributed by atoms with Gasteiger partial charge in [-0.3, -0.25) is 0 Å². The summed E-state index contributed by atoms with van der Waals surface area (Å²) in [7, 11) is 0. The average molecular weight is 436 g/mol. The molecule has 130 valence electrons. The molecule has 1 aliphatic heterocycles. The molecule has 8 heteroatoms. The van der Waals surface area contributed by atoms with E-state index < -0.39 is 5.60 Å². The van der Waals surface area contributed by atoms with Crippen LogP contribution in [0.5, 0.6) is 0 Å². The number of rotatable bonds is 2. The van der Waals surface area contributed by atoms with Gasteiger partial charge in [0.25, 0.3) is 0 Å². The lowest BCUT2D eigenvalue weighted by molar-refractivity contribution is 0.0186. The minimum absolute atomic E-state index is 0. The van der Waals surface area contributed by atoms with Gasteiger partial charge in [-0.1, -0.05) is 0 Å². The highest BCUT2D eigenvalue weighted by atomic mass is 127. The zero-order chi connectivity index (χ0) is 16.2. The van der Waals surface area contributed by atoms with Crippen LogP contribution in [0.1, 0.15) is 26.5 Å². The maximum Gasteiger partial charge on any atom is 0.410 e. The summed E-state index contributed by atoms with van der Waals surface area (Å²) in [6, 6.07) is 3.68. The number of carbonyl (C=O) groups is 1. The standard InChI is InChI=1S/C15H24N4O3.HI/c1-15(2,3)22-14(20)19-8-6-18(7-9-19)13(16)17-11-12-5-4-10-21-12;/h4-5,10H,6-9,11H2,1-3H3,(H2,16,17);1H. The molecule has 1 amide bonds. The van der Waals surface area contributed by atoms with Gasteiger partial charge in [-0.2, -0.15) is 0 Å². The molecular weight excluding hydrogens is 411 g/mol. The minimum Gasteiger partial charge on any atom is -0.467 e.